The zero-order valence-corrected chi connectivity index (χ0v) is 20.8. The molecule has 0 aliphatic carbocycles. The Morgan fingerprint density at radius 3 is 2.74 bits per heavy atom. The Hall–Kier alpha value is -1.19. The van der Waals surface area contributed by atoms with Gasteiger partial charge in [0.15, 0.2) is 0 Å². The van der Waals surface area contributed by atoms with Crippen LogP contribution in [0.3, 0.4) is 0 Å². The van der Waals surface area contributed by atoms with Crippen molar-refractivity contribution in [3.63, 3.8) is 0 Å². The molecule has 172 valence electrons. The van der Waals surface area contributed by atoms with Crippen LogP contribution in [0.15, 0.2) is 22.4 Å². The number of nitrogens with zero attached hydrogens (tertiary/aromatic N) is 1. The maximum Gasteiger partial charge on any atom is 0.332 e. The summed E-state index contributed by atoms with van der Waals surface area (Å²) >= 11 is 7.40. The third-order valence-electron chi connectivity index (χ3n) is 5.21. The van der Waals surface area contributed by atoms with Crippen LogP contribution in [0.4, 0.5) is 0 Å². The summed E-state index contributed by atoms with van der Waals surface area (Å²) in [6.45, 7) is 7.92. The van der Waals surface area contributed by atoms with E-state index in [0.717, 1.165) is 34.9 Å². The van der Waals surface area contributed by atoms with Gasteiger partial charge < -0.3 is 9.47 Å². The van der Waals surface area contributed by atoms with Crippen molar-refractivity contribution in [3.8, 4) is 0 Å². The quantitative estimate of drug-likeness (QED) is 0.398. The number of rotatable bonds is 7. The maximum absolute atomic E-state index is 13.6. The van der Waals surface area contributed by atoms with Crippen LogP contribution in [0.1, 0.15) is 52.0 Å². The van der Waals surface area contributed by atoms with Crippen molar-refractivity contribution < 1.29 is 22.7 Å². The number of carbonyl (C=O) groups excluding carboxylic acids is 1. The van der Waals surface area contributed by atoms with Gasteiger partial charge in [-0.25, -0.2) is 13.2 Å². The SMILES string of the molecule is Cc1c(S(=O)(=O)N2CCCCC2CCOCC(=O)OC(C)(C)C)sc2ccc(Cl)cc12. The summed E-state index contributed by atoms with van der Waals surface area (Å²) in [4.78, 5) is 11.8. The predicted octanol–water partition coefficient (Wildman–Crippen LogP) is 5.15. The van der Waals surface area contributed by atoms with E-state index in [2.05, 4.69) is 0 Å². The molecule has 2 heterocycles. The Kier molecular flexibility index (Phi) is 7.69. The fraction of sp³-hybridized carbons (Fsp3) is 0.591. The molecule has 0 spiro atoms. The number of halogens is 1. The Labute approximate surface area is 193 Å². The molecule has 0 bridgehead atoms. The van der Waals surface area contributed by atoms with Crippen LogP contribution in [0.25, 0.3) is 10.1 Å². The summed E-state index contributed by atoms with van der Waals surface area (Å²) in [5.41, 5.74) is 0.189. The molecule has 0 amide bonds. The van der Waals surface area contributed by atoms with E-state index >= 15 is 0 Å². The van der Waals surface area contributed by atoms with Gasteiger partial charge in [-0.3, -0.25) is 0 Å². The van der Waals surface area contributed by atoms with Crippen molar-refractivity contribution in [2.24, 2.45) is 0 Å². The molecule has 1 aromatic carbocycles. The smallest absolute Gasteiger partial charge is 0.332 e. The summed E-state index contributed by atoms with van der Waals surface area (Å²) in [5.74, 6) is -0.416. The highest BCUT2D eigenvalue weighted by molar-refractivity contribution is 7.91. The van der Waals surface area contributed by atoms with Gasteiger partial charge in [0.25, 0.3) is 10.0 Å². The number of esters is 1. The van der Waals surface area contributed by atoms with Crippen LogP contribution in [-0.4, -0.2) is 50.1 Å². The van der Waals surface area contributed by atoms with E-state index in [-0.39, 0.29) is 12.6 Å². The lowest BCUT2D eigenvalue weighted by atomic mass is 10.0. The molecule has 1 unspecified atom stereocenters. The molecule has 9 heteroatoms. The molecule has 1 fully saturated rings. The lowest BCUT2D eigenvalue weighted by Gasteiger charge is -2.34. The molecule has 1 atom stereocenters. The molecule has 1 aromatic heterocycles. The summed E-state index contributed by atoms with van der Waals surface area (Å²) in [6, 6.07) is 5.32. The van der Waals surface area contributed by atoms with Gasteiger partial charge in [-0.05, 0) is 76.1 Å². The van der Waals surface area contributed by atoms with Crippen molar-refractivity contribution >= 4 is 49.0 Å². The normalized spacial score (nSPS) is 18.4. The molecule has 0 N–H and O–H groups in total. The standard InChI is InChI=1S/C22H30ClNO5S2/c1-15-18-13-16(23)8-9-19(18)30-21(15)31(26,27)24-11-6-5-7-17(24)10-12-28-14-20(25)29-22(2,3)4/h8-9,13,17H,5-7,10-12,14H2,1-4H3. The number of hydrogen-bond acceptors (Lipinski definition) is 6. The van der Waals surface area contributed by atoms with Gasteiger partial charge in [-0.15, -0.1) is 11.3 Å². The number of sulfonamides is 1. The van der Waals surface area contributed by atoms with Crippen LogP contribution >= 0.6 is 22.9 Å². The zero-order valence-electron chi connectivity index (χ0n) is 18.4. The topological polar surface area (TPSA) is 72.9 Å². The number of thiophene rings is 1. The molecule has 6 nitrogen and oxygen atoms in total. The van der Waals surface area contributed by atoms with Gasteiger partial charge in [0.05, 0.1) is 0 Å². The van der Waals surface area contributed by atoms with Gasteiger partial charge >= 0.3 is 5.97 Å². The van der Waals surface area contributed by atoms with Crippen molar-refractivity contribution in [1.29, 1.82) is 0 Å². The second kappa shape index (κ2) is 9.75. The molecular formula is C22H30ClNO5S2. The summed E-state index contributed by atoms with van der Waals surface area (Å²) < 4.78 is 40.8. The summed E-state index contributed by atoms with van der Waals surface area (Å²) in [6.07, 6.45) is 3.14. The highest BCUT2D eigenvalue weighted by atomic mass is 35.5. The Morgan fingerprint density at radius 2 is 2.03 bits per heavy atom. The number of piperidine rings is 1. The van der Waals surface area contributed by atoms with Crippen LogP contribution in [-0.2, 0) is 24.3 Å². The molecule has 2 aromatic rings. The van der Waals surface area contributed by atoms with E-state index in [0.29, 0.717) is 28.8 Å². The van der Waals surface area contributed by atoms with Crippen LogP contribution in [0, 0.1) is 6.92 Å². The van der Waals surface area contributed by atoms with E-state index in [1.54, 1.807) is 31.1 Å². The highest BCUT2D eigenvalue weighted by Gasteiger charge is 2.35. The minimum absolute atomic E-state index is 0.132. The second-order valence-electron chi connectivity index (χ2n) is 8.85. The number of benzene rings is 1. The third kappa shape index (κ3) is 5.99. The van der Waals surface area contributed by atoms with Gasteiger partial charge in [0.1, 0.15) is 16.4 Å². The number of aryl methyl sites for hydroxylation is 1. The first-order valence-corrected chi connectivity index (χ1v) is 13.1. The van der Waals surface area contributed by atoms with E-state index < -0.39 is 21.6 Å². The fourth-order valence-corrected chi connectivity index (χ4v) is 7.60. The molecule has 1 aliphatic rings. The molecule has 0 saturated carbocycles. The van der Waals surface area contributed by atoms with Crippen molar-refractivity contribution in [2.45, 2.75) is 69.2 Å². The van der Waals surface area contributed by atoms with Crippen LogP contribution < -0.4 is 0 Å². The molecule has 3 rings (SSSR count). The fourth-order valence-electron chi connectivity index (χ4n) is 3.85. The summed E-state index contributed by atoms with van der Waals surface area (Å²) in [7, 11) is -3.63. The van der Waals surface area contributed by atoms with E-state index in [4.69, 9.17) is 21.1 Å². The van der Waals surface area contributed by atoms with Crippen LogP contribution in [0.5, 0.6) is 0 Å². The number of fused-ring (bicyclic) bond motifs is 1. The lowest BCUT2D eigenvalue weighted by Crippen LogP contribution is -2.44. The number of ether oxygens (including phenoxy) is 2. The minimum atomic E-state index is -3.63. The van der Waals surface area contributed by atoms with Gasteiger partial charge in [-0.1, -0.05) is 18.0 Å². The van der Waals surface area contributed by atoms with Crippen molar-refractivity contribution in [3.05, 3.63) is 28.8 Å². The largest absolute Gasteiger partial charge is 0.458 e. The van der Waals surface area contributed by atoms with Gasteiger partial charge in [0, 0.05) is 28.9 Å². The highest BCUT2D eigenvalue weighted by Crippen LogP contribution is 2.38. The van der Waals surface area contributed by atoms with Gasteiger partial charge in [-0.2, -0.15) is 4.31 Å². The Morgan fingerprint density at radius 1 is 1.29 bits per heavy atom. The number of hydrogen-bond donors (Lipinski definition) is 0. The lowest BCUT2D eigenvalue weighted by molar-refractivity contribution is -0.160. The monoisotopic (exact) mass is 487 g/mol. The average molecular weight is 488 g/mol. The predicted molar refractivity (Wildman–Crippen MR) is 124 cm³/mol. The van der Waals surface area contributed by atoms with Gasteiger partial charge in [0.2, 0.25) is 0 Å². The third-order valence-corrected chi connectivity index (χ3v) is 9.26. The van der Waals surface area contributed by atoms with E-state index in [1.807, 2.05) is 19.1 Å². The Balaban J connectivity index is 1.70. The minimum Gasteiger partial charge on any atom is -0.458 e. The first-order chi connectivity index (χ1) is 14.5. The second-order valence-corrected chi connectivity index (χ2v) is 12.4. The van der Waals surface area contributed by atoms with Crippen molar-refractivity contribution in [1.82, 2.24) is 4.31 Å². The molecule has 0 radical (unpaired) electrons. The van der Waals surface area contributed by atoms with Crippen molar-refractivity contribution in [2.75, 3.05) is 19.8 Å². The molecular weight excluding hydrogens is 458 g/mol. The van der Waals surface area contributed by atoms with E-state index in [9.17, 15) is 13.2 Å². The average Bonchev–Trinajstić information content (AvgIpc) is 3.01. The first kappa shape index (κ1) is 24.5. The molecule has 1 aliphatic heterocycles. The molecule has 31 heavy (non-hydrogen) atoms. The van der Waals surface area contributed by atoms with E-state index in [1.165, 1.54) is 11.3 Å². The molecule has 1 saturated heterocycles. The zero-order chi connectivity index (χ0) is 22.8. The van der Waals surface area contributed by atoms with Crippen LogP contribution in [0.2, 0.25) is 5.02 Å². The maximum atomic E-state index is 13.6. The Bertz CT molecular complexity index is 1040. The summed E-state index contributed by atoms with van der Waals surface area (Å²) in [5, 5.41) is 1.47. The number of carbonyl (C=O) groups is 1. The first-order valence-electron chi connectivity index (χ1n) is 10.5.